The van der Waals surface area contributed by atoms with Crippen molar-refractivity contribution in [3.63, 3.8) is 0 Å². The first-order valence-electron chi connectivity index (χ1n) is 9.58. The fourth-order valence-corrected chi connectivity index (χ4v) is 3.36. The molecule has 0 bridgehead atoms. The van der Waals surface area contributed by atoms with Crippen LogP contribution in [0.5, 0.6) is 0 Å². The van der Waals surface area contributed by atoms with E-state index in [2.05, 4.69) is 20.4 Å². The molecule has 4 rings (SSSR count). The second kappa shape index (κ2) is 7.84. The van der Waals surface area contributed by atoms with Gasteiger partial charge in [-0.25, -0.2) is 9.78 Å². The summed E-state index contributed by atoms with van der Waals surface area (Å²) in [6.45, 7) is 5.06. The van der Waals surface area contributed by atoms with E-state index in [9.17, 15) is 4.79 Å². The summed E-state index contributed by atoms with van der Waals surface area (Å²) in [5.41, 5.74) is 1.88. The van der Waals surface area contributed by atoms with E-state index in [0.717, 1.165) is 29.9 Å². The van der Waals surface area contributed by atoms with Crippen LogP contribution in [-0.2, 0) is 4.74 Å². The van der Waals surface area contributed by atoms with E-state index >= 15 is 0 Å². The lowest BCUT2D eigenvalue weighted by molar-refractivity contribution is 0.0701. The number of likely N-dealkylation sites (tertiary alicyclic amines) is 1. The van der Waals surface area contributed by atoms with Crippen LogP contribution in [0.4, 0.5) is 10.6 Å². The van der Waals surface area contributed by atoms with Gasteiger partial charge in [-0.1, -0.05) is 30.3 Å². The van der Waals surface area contributed by atoms with Crippen molar-refractivity contribution >= 4 is 17.7 Å². The molecule has 0 aliphatic carbocycles. The number of carbonyl (C=O) groups excluding carboxylic acids is 1. The molecular formula is C20H24N6O2. The molecule has 3 heterocycles. The van der Waals surface area contributed by atoms with Gasteiger partial charge in [-0.3, -0.25) is 0 Å². The van der Waals surface area contributed by atoms with Crippen LogP contribution in [0.3, 0.4) is 0 Å². The van der Waals surface area contributed by atoms with E-state index in [-0.39, 0.29) is 18.2 Å². The number of piperidine rings is 1. The Morgan fingerprint density at radius 3 is 2.68 bits per heavy atom. The van der Waals surface area contributed by atoms with Crippen molar-refractivity contribution in [2.75, 3.05) is 18.4 Å². The van der Waals surface area contributed by atoms with Crippen molar-refractivity contribution in [1.82, 2.24) is 24.5 Å². The number of anilines is 1. The van der Waals surface area contributed by atoms with Crippen LogP contribution < -0.4 is 5.32 Å². The summed E-state index contributed by atoms with van der Waals surface area (Å²) in [6.07, 6.45) is 2.85. The quantitative estimate of drug-likeness (QED) is 0.748. The van der Waals surface area contributed by atoms with Crippen molar-refractivity contribution < 1.29 is 9.53 Å². The van der Waals surface area contributed by atoms with Gasteiger partial charge < -0.3 is 15.0 Å². The Hall–Kier alpha value is -3.16. The van der Waals surface area contributed by atoms with Gasteiger partial charge in [0.15, 0.2) is 0 Å². The summed E-state index contributed by atoms with van der Waals surface area (Å²) in [5.74, 6) is 1.41. The van der Waals surface area contributed by atoms with Gasteiger partial charge in [0.05, 0.1) is 11.8 Å². The van der Waals surface area contributed by atoms with Crippen LogP contribution in [0, 0.1) is 0 Å². The number of rotatable bonds is 4. The Morgan fingerprint density at radius 1 is 1.21 bits per heavy atom. The van der Waals surface area contributed by atoms with Crippen LogP contribution in [-0.4, -0.2) is 55.8 Å². The molecule has 1 aliphatic heterocycles. The van der Waals surface area contributed by atoms with Crippen LogP contribution in [0.15, 0.2) is 42.7 Å². The molecule has 0 saturated carbocycles. The monoisotopic (exact) mass is 380 g/mol. The Morgan fingerprint density at radius 2 is 1.96 bits per heavy atom. The minimum atomic E-state index is -0.234. The summed E-state index contributed by atoms with van der Waals surface area (Å²) in [4.78, 5) is 22.7. The highest BCUT2D eigenvalue weighted by molar-refractivity contribution is 5.68. The number of ether oxygens (including phenoxy) is 1. The number of nitrogens with zero attached hydrogens (tertiary/aromatic N) is 5. The minimum Gasteiger partial charge on any atom is -0.447 e. The zero-order valence-electron chi connectivity index (χ0n) is 16.1. The van der Waals surface area contributed by atoms with Gasteiger partial charge in [-0.2, -0.15) is 14.6 Å². The minimum absolute atomic E-state index is 0.0998. The Labute approximate surface area is 163 Å². The third-order valence-electron chi connectivity index (χ3n) is 4.76. The largest absolute Gasteiger partial charge is 0.447 e. The maximum absolute atomic E-state index is 12.1. The molecule has 1 amide bonds. The van der Waals surface area contributed by atoms with E-state index in [0.29, 0.717) is 18.9 Å². The van der Waals surface area contributed by atoms with Crippen molar-refractivity contribution in [2.45, 2.75) is 38.8 Å². The molecule has 2 aromatic heterocycles. The fraction of sp³-hybridized carbons (Fsp3) is 0.400. The van der Waals surface area contributed by atoms with Crippen LogP contribution in [0.2, 0.25) is 0 Å². The normalized spacial score (nSPS) is 15.2. The zero-order chi connectivity index (χ0) is 19.5. The highest BCUT2D eigenvalue weighted by Crippen LogP contribution is 2.23. The smallest absolute Gasteiger partial charge is 0.410 e. The fourth-order valence-electron chi connectivity index (χ4n) is 3.36. The second-order valence-corrected chi connectivity index (χ2v) is 7.20. The first-order chi connectivity index (χ1) is 13.6. The van der Waals surface area contributed by atoms with E-state index in [1.54, 1.807) is 9.42 Å². The number of benzene rings is 1. The molecule has 146 valence electrons. The first-order valence-corrected chi connectivity index (χ1v) is 9.58. The number of hydrogen-bond donors (Lipinski definition) is 1. The standard InChI is InChI=1S/C20H24N6O2/c1-14(2)28-20(27)25-10-8-16(9-11-25)23-18-12-17(15-6-4-3-5-7-15)24-19-21-13-22-26(18)19/h3-7,12-14,16,23H,8-11H2,1-2H3. The number of hydrogen-bond acceptors (Lipinski definition) is 6. The van der Waals surface area contributed by atoms with Crippen molar-refractivity contribution in [2.24, 2.45) is 0 Å². The summed E-state index contributed by atoms with van der Waals surface area (Å²) in [7, 11) is 0. The molecule has 8 heteroatoms. The average molecular weight is 380 g/mol. The van der Waals surface area contributed by atoms with Crippen LogP contribution >= 0.6 is 0 Å². The zero-order valence-corrected chi connectivity index (χ0v) is 16.1. The highest BCUT2D eigenvalue weighted by Gasteiger charge is 2.25. The third kappa shape index (κ3) is 3.90. The van der Waals surface area contributed by atoms with Gasteiger partial charge >= 0.3 is 6.09 Å². The highest BCUT2D eigenvalue weighted by atomic mass is 16.6. The lowest BCUT2D eigenvalue weighted by atomic mass is 10.1. The van der Waals surface area contributed by atoms with Crippen molar-refractivity contribution in [1.29, 1.82) is 0 Å². The molecule has 3 aromatic rings. The molecule has 1 saturated heterocycles. The topological polar surface area (TPSA) is 84.6 Å². The van der Waals surface area contributed by atoms with Gasteiger partial charge in [0, 0.05) is 30.8 Å². The lowest BCUT2D eigenvalue weighted by Gasteiger charge is -2.32. The SMILES string of the molecule is CC(C)OC(=O)N1CCC(Nc2cc(-c3ccccc3)nc3ncnn23)CC1. The molecule has 28 heavy (non-hydrogen) atoms. The molecule has 1 aliphatic rings. The van der Waals surface area contributed by atoms with Gasteiger partial charge in [-0.05, 0) is 26.7 Å². The number of aromatic nitrogens is 4. The second-order valence-electron chi connectivity index (χ2n) is 7.20. The van der Waals surface area contributed by atoms with Gasteiger partial charge in [0.1, 0.15) is 12.1 Å². The van der Waals surface area contributed by atoms with Gasteiger partial charge in [0.2, 0.25) is 0 Å². The molecule has 1 N–H and O–H groups in total. The maximum atomic E-state index is 12.1. The molecule has 0 radical (unpaired) electrons. The van der Waals surface area contributed by atoms with E-state index in [1.807, 2.05) is 50.2 Å². The number of amides is 1. The van der Waals surface area contributed by atoms with Crippen LogP contribution in [0.1, 0.15) is 26.7 Å². The summed E-state index contributed by atoms with van der Waals surface area (Å²) in [5, 5.41) is 7.85. The number of fused-ring (bicyclic) bond motifs is 1. The Bertz CT molecular complexity index is 948. The predicted octanol–water partition coefficient (Wildman–Crippen LogP) is 3.21. The van der Waals surface area contributed by atoms with Crippen molar-refractivity contribution in [3.8, 4) is 11.3 Å². The number of carbonyl (C=O) groups is 1. The Kier molecular flexibility index (Phi) is 5.10. The lowest BCUT2D eigenvalue weighted by Crippen LogP contribution is -2.43. The van der Waals surface area contributed by atoms with Gasteiger partial charge in [0.25, 0.3) is 5.78 Å². The molecule has 8 nitrogen and oxygen atoms in total. The molecule has 0 atom stereocenters. The summed E-state index contributed by atoms with van der Waals surface area (Å²) < 4.78 is 7.01. The number of nitrogens with one attached hydrogen (secondary N) is 1. The van der Waals surface area contributed by atoms with Crippen LogP contribution in [0.25, 0.3) is 17.0 Å². The predicted molar refractivity (Wildman–Crippen MR) is 106 cm³/mol. The third-order valence-corrected chi connectivity index (χ3v) is 4.76. The molecular weight excluding hydrogens is 356 g/mol. The summed E-state index contributed by atoms with van der Waals surface area (Å²) in [6, 6.07) is 12.2. The first kappa shape index (κ1) is 18.2. The maximum Gasteiger partial charge on any atom is 0.410 e. The van der Waals surface area contributed by atoms with E-state index in [4.69, 9.17) is 4.74 Å². The molecule has 0 spiro atoms. The van der Waals surface area contributed by atoms with E-state index < -0.39 is 0 Å². The van der Waals surface area contributed by atoms with Gasteiger partial charge in [-0.15, -0.1) is 0 Å². The Balaban J connectivity index is 1.49. The molecule has 1 aromatic carbocycles. The van der Waals surface area contributed by atoms with Crippen molar-refractivity contribution in [3.05, 3.63) is 42.7 Å². The van der Waals surface area contributed by atoms with E-state index in [1.165, 1.54) is 6.33 Å². The summed E-state index contributed by atoms with van der Waals surface area (Å²) >= 11 is 0. The average Bonchev–Trinajstić information content (AvgIpc) is 3.18. The molecule has 1 fully saturated rings. The molecule has 0 unspecified atom stereocenters.